The Balaban J connectivity index is 1.39. The summed E-state index contributed by atoms with van der Waals surface area (Å²) in [7, 11) is 5.87. The van der Waals surface area contributed by atoms with Crippen molar-refractivity contribution in [3.8, 4) is 5.75 Å². The number of carbonyl (C=O) groups is 1. The van der Waals surface area contributed by atoms with Crippen molar-refractivity contribution >= 4 is 6.03 Å². The van der Waals surface area contributed by atoms with Gasteiger partial charge < -0.3 is 14.5 Å². The van der Waals surface area contributed by atoms with Crippen molar-refractivity contribution in [3.05, 3.63) is 65.5 Å². The van der Waals surface area contributed by atoms with Crippen LogP contribution in [0.4, 0.5) is 9.18 Å². The largest absolute Gasteiger partial charge is 0.497 e. The summed E-state index contributed by atoms with van der Waals surface area (Å²) < 4.78 is 19.5. The highest BCUT2D eigenvalue weighted by atomic mass is 19.1. The molecule has 3 aliphatic rings. The van der Waals surface area contributed by atoms with Crippen molar-refractivity contribution in [2.75, 3.05) is 34.3 Å². The number of hydrogen-bond donors (Lipinski definition) is 0. The Labute approximate surface area is 208 Å². The molecule has 0 unspecified atom stereocenters. The molecule has 1 heterocycles. The molecule has 1 saturated heterocycles. The third kappa shape index (κ3) is 4.42. The monoisotopic (exact) mass is 479 g/mol. The number of urea groups is 1. The van der Waals surface area contributed by atoms with Gasteiger partial charge in [0.05, 0.1) is 12.6 Å². The molecule has 3 fully saturated rings. The summed E-state index contributed by atoms with van der Waals surface area (Å²) in [4.78, 5) is 20.3. The maximum atomic E-state index is 14.2. The van der Waals surface area contributed by atoms with Gasteiger partial charge in [-0.05, 0) is 93.9 Å². The Morgan fingerprint density at radius 1 is 1.06 bits per heavy atom. The second-order valence-corrected chi connectivity index (χ2v) is 11.1. The normalized spacial score (nSPS) is 27.1. The van der Waals surface area contributed by atoms with Crippen LogP contribution < -0.4 is 4.74 Å². The predicted octanol–water partition coefficient (Wildman–Crippen LogP) is 5.64. The Kier molecular flexibility index (Phi) is 6.51. The molecular weight excluding hydrogens is 441 g/mol. The van der Waals surface area contributed by atoms with Gasteiger partial charge >= 0.3 is 6.03 Å². The lowest BCUT2D eigenvalue weighted by molar-refractivity contribution is 0.0157. The smallest absolute Gasteiger partial charge is 0.320 e. The third-order valence-corrected chi connectivity index (χ3v) is 8.98. The number of carbonyl (C=O) groups excluding carboxylic acids is 1. The van der Waals surface area contributed by atoms with Crippen LogP contribution in [0.5, 0.6) is 5.75 Å². The Hall–Kier alpha value is -2.60. The van der Waals surface area contributed by atoms with E-state index >= 15 is 0 Å². The van der Waals surface area contributed by atoms with Gasteiger partial charge in [-0.1, -0.05) is 30.7 Å². The number of hydrogen-bond acceptors (Lipinski definition) is 3. The average molecular weight is 480 g/mol. The molecule has 0 atom stereocenters. The lowest BCUT2D eigenvalue weighted by Gasteiger charge is -2.51. The van der Waals surface area contributed by atoms with E-state index in [1.807, 2.05) is 23.1 Å². The summed E-state index contributed by atoms with van der Waals surface area (Å²) in [5.41, 5.74) is 1.81. The minimum absolute atomic E-state index is 0.147. The van der Waals surface area contributed by atoms with Crippen LogP contribution in [0.15, 0.2) is 48.5 Å². The molecule has 5 nitrogen and oxygen atoms in total. The van der Waals surface area contributed by atoms with E-state index in [4.69, 9.17) is 4.74 Å². The average Bonchev–Trinajstić information content (AvgIpc) is 3.07. The molecule has 188 valence electrons. The molecule has 0 radical (unpaired) electrons. The van der Waals surface area contributed by atoms with Crippen LogP contribution >= 0.6 is 0 Å². The number of nitrogens with zero attached hydrogens (tertiary/aromatic N) is 3. The first kappa shape index (κ1) is 24.1. The first-order chi connectivity index (χ1) is 16.8. The number of ether oxygens (including phenoxy) is 1. The minimum atomic E-state index is -0.206. The molecule has 2 aromatic rings. The number of rotatable bonds is 7. The Morgan fingerprint density at radius 2 is 1.77 bits per heavy atom. The number of halogens is 1. The molecule has 0 bridgehead atoms. The van der Waals surface area contributed by atoms with E-state index < -0.39 is 0 Å². The van der Waals surface area contributed by atoms with Crippen LogP contribution in [0, 0.1) is 11.7 Å². The second-order valence-electron chi connectivity index (χ2n) is 11.1. The lowest BCUT2D eigenvalue weighted by Crippen LogP contribution is -2.56. The topological polar surface area (TPSA) is 36.0 Å². The number of amides is 2. The minimum Gasteiger partial charge on any atom is -0.497 e. The van der Waals surface area contributed by atoms with Crippen molar-refractivity contribution in [3.63, 3.8) is 0 Å². The van der Waals surface area contributed by atoms with Crippen molar-refractivity contribution in [1.82, 2.24) is 14.7 Å². The van der Waals surface area contributed by atoms with Gasteiger partial charge in [-0.3, -0.25) is 4.90 Å². The highest BCUT2D eigenvalue weighted by Crippen LogP contribution is 2.50. The second kappa shape index (κ2) is 9.45. The first-order valence-electron chi connectivity index (χ1n) is 13.0. The summed E-state index contributed by atoms with van der Waals surface area (Å²) >= 11 is 0. The maximum Gasteiger partial charge on any atom is 0.320 e. The predicted molar refractivity (Wildman–Crippen MR) is 136 cm³/mol. The van der Waals surface area contributed by atoms with Crippen molar-refractivity contribution in [2.45, 2.75) is 62.6 Å². The van der Waals surface area contributed by atoms with Crippen LogP contribution in [-0.2, 0) is 12.1 Å². The van der Waals surface area contributed by atoms with E-state index in [1.54, 1.807) is 13.2 Å². The number of benzene rings is 2. The van der Waals surface area contributed by atoms with Gasteiger partial charge in [0.25, 0.3) is 0 Å². The Bertz CT molecular complexity index is 1040. The molecule has 2 aromatic carbocycles. The standard InChI is InChI=1S/C29H38FN3O2/c1-31(2)29(24-8-5-9-25(30)18-24)16-14-28(15-17-29)21-32(19-23-10-12-26(35-3)13-11-23)27(34)33(28)20-22-6-4-7-22/h5,8-13,18,22H,4,6-7,14-17,19-21H2,1-3H3/t28-,29+. The van der Waals surface area contributed by atoms with Crippen LogP contribution in [0.25, 0.3) is 0 Å². The molecule has 5 rings (SSSR count). The van der Waals surface area contributed by atoms with E-state index in [0.717, 1.165) is 55.6 Å². The first-order valence-corrected chi connectivity index (χ1v) is 13.0. The molecule has 2 amide bonds. The van der Waals surface area contributed by atoms with Gasteiger partial charge in [-0.15, -0.1) is 0 Å². The van der Waals surface area contributed by atoms with E-state index in [2.05, 4.69) is 42.1 Å². The highest BCUT2D eigenvalue weighted by molar-refractivity contribution is 5.78. The van der Waals surface area contributed by atoms with E-state index in [1.165, 1.54) is 25.3 Å². The van der Waals surface area contributed by atoms with E-state index in [9.17, 15) is 9.18 Å². The fraction of sp³-hybridized carbons (Fsp3) is 0.552. The SMILES string of the molecule is COc1ccc(CN2C[C@]3(CC[C@](c4cccc(F)c4)(N(C)C)CC3)N(CC3CCC3)C2=O)cc1. The van der Waals surface area contributed by atoms with Crippen molar-refractivity contribution < 1.29 is 13.9 Å². The van der Waals surface area contributed by atoms with E-state index in [-0.39, 0.29) is 22.9 Å². The van der Waals surface area contributed by atoms with Crippen LogP contribution in [0.3, 0.4) is 0 Å². The van der Waals surface area contributed by atoms with Gasteiger partial charge in [-0.2, -0.15) is 0 Å². The molecule has 1 spiro atoms. The van der Waals surface area contributed by atoms with Crippen LogP contribution in [0.2, 0.25) is 0 Å². The molecule has 0 N–H and O–H groups in total. The molecule has 2 aliphatic carbocycles. The van der Waals surface area contributed by atoms with Gasteiger partial charge in [0, 0.05) is 25.2 Å². The van der Waals surface area contributed by atoms with E-state index in [0.29, 0.717) is 12.5 Å². The molecule has 2 saturated carbocycles. The zero-order chi connectivity index (χ0) is 24.6. The van der Waals surface area contributed by atoms with Crippen LogP contribution in [0.1, 0.15) is 56.1 Å². The van der Waals surface area contributed by atoms with Crippen molar-refractivity contribution in [2.24, 2.45) is 5.92 Å². The third-order valence-electron chi connectivity index (χ3n) is 8.98. The quantitative estimate of drug-likeness (QED) is 0.516. The Morgan fingerprint density at radius 3 is 2.34 bits per heavy atom. The molecule has 6 heteroatoms. The zero-order valence-corrected chi connectivity index (χ0v) is 21.3. The maximum absolute atomic E-state index is 14.2. The summed E-state index contributed by atoms with van der Waals surface area (Å²) in [6, 6.07) is 15.3. The zero-order valence-electron chi connectivity index (χ0n) is 21.3. The van der Waals surface area contributed by atoms with Gasteiger partial charge in [-0.25, -0.2) is 9.18 Å². The molecular formula is C29H38FN3O2. The highest BCUT2D eigenvalue weighted by Gasteiger charge is 2.54. The fourth-order valence-corrected chi connectivity index (χ4v) is 6.49. The molecule has 35 heavy (non-hydrogen) atoms. The fourth-order valence-electron chi connectivity index (χ4n) is 6.49. The summed E-state index contributed by atoms with van der Waals surface area (Å²) in [5.74, 6) is 1.27. The summed E-state index contributed by atoms with van der Waals surface area (Å²) in [5, 5.41) is 0. The summed E-state index contributed by atoms with van der Waals surface area (Å²) in [6.07, 6.45) is 7.41. The van der Waals surface area contributed by atoms with Crippen molar-refractivity contribution in [1.29, 1.82) is 0 Å². The van der Waals surface area contributed by atoms with Gasteiger partial charge in [0.15, 0.2) is 0 Å². The summed E-state index contributed by atoms with van der Waals surface area (Å²) in [6.45, 7) is 2.25. The molecule has 0 aromatic heterocycles. The van der Waals surface area contributed by atoms with Crippen LogP contribution in [-0.4, -0.2) is 60.6 Å². The number of methoxy groups -OCH3 is 1. The lowest BCUT2D eigenvalue weighted by atomic mass is 9.68. The van der Waals surface area contributed by atoms with Gasteiger partial charge in [0.2, 0.25) is 0 Å². The molecule has 1 aliphatic heterocycles. The van der Waals surface area contributed by atoms with Gasteiger partial charge in [0.1, 0.15) is 11.6 Å².